The maximum absolute atomic E-state index is 4.55. The van der Waals surface area contributed by atoms with E-state index in [1.807, 2.05) is 13.8 Å². The molecule has 1 aromatic rings. The Morgan fingerprint density at radius 3 is 2.80 bits per heavy atom. The largest absolute Gasteiger partial charge is 0.345 e. The van der Waals surface area contributed by atoms with Crippen molar-refractivity contribution in [1.29, 1.82) is 0 Å². The van der Waals surface area contributed by atoms with E-state index < -0.39 is 0 Å². The lowest BCUT2D eigenvalue weighted by atomic mass is 10.1. The molecule has 0 fully saturated rings. The fourth-order valence-electron chi connectivity index (χ4n) is 1.71. The number of H-pyrrole nitrogens is 1. The highest BCUT2D eigenvalue weighted by Crippen LogP contribution is 2.17. The first-order valence-electron chi connectivity index (χ1n) is 6.00. The molecule has 0 unspecified atom stereocenters. The van der Waals surface area contributed by atoms with Crippen molar-refractivity contribution in [2.75, 3.05) is 0 Å². The third-order valence-corrected chi connectivity index (χ3v) is 2.30. The molecule has 0 aliphatic heterocycles. The van der Waals surface area contributed by atoms with Gasteiger partial charge in [0.25, 0.3) is 0 Å². The molecule has 1 aliphatic rings. The van der Waals surface area contributed by atoms with Gasteiger partial charge in [0.1, 0.15) is 5.82 Å². The molecule has 1 heterocycles. The number of aromatic amines is 1. The molecule has 2 rings (SSSR count). The van der Waals surface area contributed by atoms with Gasteiger partial charge in [0.05, 0.1) is 5.69 Å². The van der Waals surface area contributed by atoms with Gasteiger partial charge in [-0.1, -0.05) is 33.8 Å². The van der Waals surface area contributed by atoms with Crippen LogP contribution < -0.4 is 0 Å². The summed E-state index contributed by atoms with van der Waals surface area (Å²) in [7, 11) is 0. The Morgan fingerprint density at radius 2 is 2.20 bits per heavy atom. The number of aromatic nitrogens is 2. The number of hydrogen-bond acceptors (Lipinski definition) is 1. The zero-order chi connectivity index (χ0) is 11.3. The van der Waals surface area contributed by atoms with Crippen molar-refractivity contribution in [1.82, 2.24) is 9.97 Å². The van der Waals surface area contributed by atoms with Crippen LogP contribution >= 0.6 is 0 Å². The van der Waals surface area contributed by atoms with Gasteiger partial charge in [-0.15, -0.1) is 0 Å². The summed E-state index contributed by atoms with van der Waals surface area (Å²) in [6.07, 6.45) is 7.65. The number of nitrogens with zero attached hydrogens (tertiary/aromatic N) is 1. The second kappa shape index (κ2) is 5.74. The quantitative estimate of drug-likeness (QED) is 0.786. The number of hydrogen-bond donors (Lipinski definition) is 1. The Labute approximate surface area is 94.3 Å². The third kappa shape index (κ3) is 3.22. The molecule has 1 aromatic heterocycles. The van der Waals surface area contributed by atoms with E-state index in [-0.39, 0.29) is 1.43 Å². The summed E-state index contributed by atoms with van der Waals surface area (Å²) in [5.74, 6) is 1.82. The summed E-state index contributed by atoms with van der Waals surface area (Å²) in [6.45, 7) is 8.44. The van der Waals surface area contributed by atoms with Gasteiger partial charge < -0.3 is 4.98 Å². The Morgan fingerprint density at radius 1 is 1.47 bits per heavy atom. The van der Waals surface area contributed by atoms with Crippen LogP contribution in [0, 0.1) is 5.92 Å². The van der Waals surface area contributed by atoms with Gasteiger partial charge in [-0.25, -0.2) is 4.98 Å². The molecule has 1 aliphatic carbocycles. The number of fused-ring (bicyclic) bond motifs is 1. The molecule has 0 saturated heterocycles. The van der Waals surface area contributed by atoms with Crippen LogP contribution in [0.1, 0.15) is 52.8 Å². The topological polar surface area (TPSA) is 28.7 Å². The lowest BCUT2D eigenvalue weighted by Crippen LogP contribution is -1.96. The van der Waals surface area contributed by atoms with E-state index in [2.05, 4.69) is 36.0 Å². The van der Waals surface area contributed by atoms with E-state index >= 15 is 0 Å². The standard InChI is InChI=1S/C11H16N2.C2H6.H2/c1-8(2)7-11-12-9-5-3-4-6-10(9)13-11;1-2;/h3,5,8H,4,6-7H2,1-2H3,(H,12,13);1-2H3;1H. The van der Waals surface area contributed by atoms with Crippen LogP contribution in [0.5, 0.6) is 0 Å². The van der Waals surface area contributed by atoms with E-state index in [1.165, 1.54) is 5.69 Å². The van der Waals surface area contributed by atoms with Crippen LogP contribution in [0.15, 0.2) is 6.08 Å². The molecule has 2 heteroatoms. The number of nitrogens with one attached hydrogen (secondary N) is 1. The van der Waals surface area contributed by atoms with Gasteiger partial charge in [0.2, 0.25) is 0 Å². The Kier molecular flexibility index (Phi) is 4.60. The third-order valence-electron chi connectivity index (χ3n) is 2.30. The number of imidazole rings is 1. The molecule has 0 amide bonds. The molecule has 0 atom stereocenters. The van der Waals surface area contributed by atoms with Gasteiger partial charge in [0, 0.05) is 13.5 Å². The summed E-state index contributed by atoms with van der Waals surface area (Å²) in [5.41, 5.74) is 2.47. The molecule has 0 radical (unpaired) electrons. The lowest BCUT2D eigenvalue weighted by Gasteiger charge is -2.00. The van der Waals surface area contributed by atoms with Gasteiger partial charge in [-0.3, -0.25) is 0 Å². The monoisotopic (exact) mass is 208 g/mol. The highest BCUT2D eigenvalue weighted by atomic mass is 14.9. The first kappa shape index (κ1) is 12.0. The van der Waals surface area contributed by atoms with Crippen LogP contribution in [0.25, 0.3) is 6.08 Å². The number of aryl methyl sites for hydroxylation is 1. The zero-order valence-corrected chi connectivity index (χ0v) is 10.3. The number of rotatable bonds is 2. The van der Waals surface area contributed by atoms with Gasteiger partial charge >= 0.3 is 0 Å². The van der Waals surface area contributed by atoms with Crippen molar-refractivity contribution in [2.45, 2.75) is 47.0 Å². The number of allylic oxidation sites excluding steroid dienone is 1. The summed E-state index contributed by atoms with van der Waals surface area (Å²) < 4.78 is 0. The fourth-order valence-corrected chi connectivity index (χ4v) is 1.71. The van der Waals surface area contributed by atoms with E-state index in [9.17, 15) is 0 Å². The van der Waals surface area contributed by atoms with Crippen LogP contribution in [-0.2, 0) is 12.8 Å². The second-order valence-electron chi connectivity index (χ2n) is 4.09. The smallest absolute Gasteiger partial charge is 0.107 e. The molecule has 0 aromatic carbocycles. The predicted octanol–water partition coefficient (Wildman–Crippen LogP) is 3.84. The van der Waals surface area contributed by atoms with Crippen molar-refractivity contribution in [2.24, 2.45) is 5.92 Å². The molecule has 0 bridgehead atoms. The molecule has 0 spiro atoms. The van der Waals surface area contributed by atoms with Crippen molar-refractivity contribution >= 4 is 6.08 Å². The summed E-state index contributed by atoms with van der Waals surface area (Å²) >= 11 is 0. The average molecular weight is 208 g/mol. The molecule has 1 N–H and O–H groups in total. The Balaban J connectivity index is 0.000000711. The minimum atomic E-state index is 0. The van der Waals surface area contributed by atoms with Crippen molar-refractivity contribution < 1.29 is 1.43 Å². The summed E-state index contributed by atoms with van der Waals surface area (Å²) in [4.78, 5) is 7.95. The molecule has 86 valence electrons. The molecule has 2 nitrogen and oxygen atoms in total. The van der Waals surface area contributed by atoms with E-state index in [0.717, 1.165) is 30.8 Å². The minimum Gasteiger partial charge on any atom is -0.345 e. The lowest BCUT2D eigenvalue weighted by molar-refractivity contribution is 0.624. The van der Waals surface area contributed by atoms with E-state index in [0.29, 0.717) is 5.92 Å². The van der Waals surface area contributed by atoms with E-state index in [1.54, 1.807) is 0 Å². The average Bonchev–Trinajstić information content (AvgIpc) is 2.61. The van der Waals surface area contributed by atoms with Gasteiger partial charge in [-0.2, -0.15) is 0 Å². The van der Waals surface area contributed by atoms with Crippen molar-refractivity contribution in [3.05, 3.63) is 23.3 Å². The highest BCUT2D eigenvalue weighted by Gasteiger charge is 2.10. The van der Waals surface area contributed by atoms with Crippen LogP contribution in [0.4, 0.5) is 0 Å². The van der Waals surface area contributed by atoms with Crippen LogP contribution in [-0.4, -0.2) is 9.97 Å². The van der Waals surface area contributed by atoms with Crippen LogP contribution in [0.3, 0.4) is 0 Å². The van der Waals surface area contributed by atoms with Crippen LogP contribution in [0.2, 0.25) is 0 Å². The van der Waals surface area contributed by atoms with E-state index in [4.69, 9.17) is 0 Å². The minimum absolute atomic E-state index is 0. The first-order chi connectivity index (χ1) is 7.25. The second-order valence-corrected chi connectivity index (χ2v) is 4.09. The molecule has 15 heavy (non-hydrogen) atoms. The molecule has 0 saturated carbocycles. The molecular formula is C13H24N2. The predicted molar refractivity (Wildman–Crippen MR) is 67.9 cm³/mol. The fraction of sp³-hybridized carbons (Fsp3) is 0.615. The van der Waals surface area contributed by atoms with Gasteiger partial charge in [-0.05, 0) is 24.8 Å². The normalized spacial score (nSPS) is 13.4. The zero-order valence-electron chi connectivity index (χ0n) is 10.3. The maximum Gasteiger partial charge on any atom is 0.107 e. The van der Waals surface area contributed by atoms with Gasteiger partial charge in [0.15, 0.2) is 0 Å². The Hall–Kier alpha value is -1.05. The highest BCUT2D eigenvalue weighted by molar-refractivity contribution is 5.50. The van der Waals surface area contributed by atoms with Crippen molar-refractivity contribution in [3.63, 3.8) is 0 Å². The Bertz CT molecular complexity index is 327. The summed E-state index contributed by atoms with van der Waals surface area (Å²) in [5, 5.41) is 0. The van der Waals surface area contributed by atoms with Crippen molar-refractivity contribution in [3.8, 4) is 0 Å². The first-order valence-corrected chi connectivity index (χ1v) is 6.00. The maximum atomic E-state index is 4.55. The SMILES string of the molecule is CC.CC(C)Cc1nc2c([nH]1)CCC=C2.[HH]. The molecular weight excluding hydrogens is 184 g/mol. The summed E-state index contributed by atoms with van der Waals surface area (Å²) in [6, 6.07) is 0.